The molecule has 0 radical (unpaired) electrons. The number of carbonyl (C=O) groups excluding carboxylic acids is 3. The summed E-state index contributed by atoms with van der Waals surface area (Å²) in [6.45, 7) is 10.8. The molecule has 9 nitrogen and oxygen atoms in total. The molecular formula is C39H42N4O5. The Morgan fingerprint density at radius 1 is 0.792 bits per heavy atom. The zero-order valence-corrected chi connectivity index (χ0v) is 28.4. The number of guanidine groups is 1. The SMILES string of the molecule is COc1cc(C(=O)NC(=Nc2ccc(C)c(NC(=O)c3ccc(C/C=C/c4ccccc4)cc3)c2)NC(=O)OC(C)(C)C)cc(C)c1C. The number of carbonyl (C=O) groups is 3. The number of hydrogen-bond donors (Lipinski definition) is 3. The van der Waals surface area contributed by atoms with Crippen LogP contribution in [0, 0.1) is 20.8 Å². The van der Waals surface area contributed by atoms with E-state index < -0.39 is 17.6 Å². The summed E-state index contributed by atoms with van der Waals surface area (Å²) in [5.74, 6) is -0.378. The van der Waals surface area contributed by atoms with E-state index in [1.807, 2.05) is 63.2 Å². The molecule has 0 heterocycles. The van der Waals surface area contributed by atoms with Crippen molar-refractivity contribution < 1.29 is 23.9 Å². The van der Waals surface area contributed by atoms with E-state index in [2.05, 4.69) is 33.1 Å². The number of rotatable bonds is 8. The molecule has 0 spiro atoms. The molecule has 4 aromatic carbocycles. The number of hydrogen-bond acceptors (Lipinski definition) is 6. The zero-order valence-electron chi connectivity index (χ0n) is 28.4. The van der Waals surface area contributed by atoms with Crippen LogP contribution in [0.25, 0.3) is 6.08 Å². The summed E-state index contributed by atoms with van der Waals surface area (Å²) in [5, 5.41) is 8.17. The van der Waals surface area contributed by atoms with Gasteiger partial charge >= 0.3 is 6.09 Å². The first-order valence-corrected chi connectivity index (χ1v) is 15.6. The largest absolute Gasteiger partial charge is 0.496 e. The van der Waals surface area contributed by atoms with Crippen molar-refractivity contribution in [1.29, 1.82) is 0 Å². The topological polar surface area (TPSA) is 118 Å². The molecule has 3 amide bonds. The summed E-state index contributed by atoms with van der Waals surface area (Å²) in [5.41, 5.74) is 5.74. The quantitative estimate of drug-likeness (QED) is 0.132. The summed E-state index contributed by atoms with van der Waals surface area (Å²) in [7, 11) is 1.54. The molecule has 0 unspecified atom stereocenters. The van der Waals surface area contributed by atoms with E-state index in [4.69, 9.17) is 9.47 Å². The van der Waals surface area contributed by atoms with Crippen LogP contribution < -0.4 is 20.7 Å². The molecule has 3 N–H and O–H groups in total. The number of anilines is 1. The van der Waals surface area contributed by atoms with Gasteiger partial charge in [-0.25, -0.2) is 9.79 Å². The first-order chi connectivity index (χ1) is 22.8. The maximum absolute atomic E-state index is 13.3. The minimum atomic E-state index is -0.793. The fourth-order valence-corrected chi connectivity index (χ4v) is 4.66. The van der Waals surface area contributed by atoms with Crippen molar-refractivity contribution in [2.24, 2.45) is 4.99 Å². The fraction of sp³-hybridized carbons (Fsp3) is 0.231. The highest BCUT2D eigenvalue weighted by molar-refractivity contribution is 6.10. The summed E-state index contributed by atoms with van der Waals surface area (Å²) < 4.78 is 10.8. The van der Waals surface area contributed by atoms with Gasteiger partial charge in [0.05, 0.1) is 12.8 Å². The number of aliphatic imine (C=N–C) groups is 1. The number of nitrogens with zero attached hydrogens (tertiary/aromatic N) is 1. The Kier molecular flexibility index (Phi) is 11.5. The average Bonchev–Trinajstić information content (AvgIpc) is 3.03. The molecular weight excluding hydrogens is 604 g/mol. The van der Waals surface area contributed by atoms with Gasteiger partial charge in [0.15, 0.2) is 0 Å². The van der Waals surface area contributed by atoms with Crippen LogP contribution in [0.5, 0.6) is 5.75 Å². The number of aryl methyl sites for hydroxylation is 2. The van der Waals surface area contributed by atoms with Crippen molar-refractivity contribution in [3.05, 3.63) is 130 Å². The molecule has 4 rings (SSSR count). The van der Waals surface area contributed by atoms with Crippen LogP contribution in [-0.2, 0) is 11.2 Å². The molecule has 48 heavy (non-hydrogen) atoms. The highest BCUT2D eigenvalue weighted by Gasteiger charge is 2.20. The van der Waals surface area contributed by atoms with Crippen LogP contribution in [0.4, 0.5) is 16.2 Å². The summed E-state index contributed by atoms with van der Waals surface area (Å²) in [6, 6.07) is 26.0. The predicted octanol–water partition coefficient (Wildman–Crippen LogP) is 8.07. The Labute approximate surface area is 282 Å². The normalized spacial score (nSPS) is 11.6. The third kappa shape index (κ3) is 10.2. The van der Waals surface area contributed by atoms with E-state index in [0.29, 0.717) is 28.3 Å². The predicted molar refractivity (Wildman–Crippen MR) is 191 cm³/mol. The number of allylic oxidation sites excluding steroid dienone is 1. The highest BCUT2D eigenvalue weighted by Crippen LogP contribution is 2.25. The summed E-state index contributed by atoms with van der Waals surface area (Å²) in [6.07, 6.45) is 4.11. The van der Waals surface area contributed by atoms with Gasteiger partial charge in [0.25, 0.3) is 11.8 Å². The molecule has 9 heteroatoms. The molecule has 0 aliphatic heterocycles. The zero-order chi connectivity index (χ0) is 34.8. The molecule has 0 aliphatic carbocycles. The van der Waals surface area contributed by atoms with Gasteiger partial charge in [-0.3, -0.25) is 20.2 Å². The fourth-order valence-electron chi connectivity index (χ4n) is 4.66. The molecule has 248 valence electrons. The lowest BCUT2D eigenvalue weighted by Gasteiger charge is -2.20. The third-order valence-corrected chi connectivity index (χ3v) is 7.34. The first kappa shape index (κ1) is 35.2. The smallest absolute Gasteiger partial charge is 0.414 e. The summed E-state index contributed by atoms with van der Waals surface area (Å²) >= 11 is 0. The lowest BCUT2D eigenvalue weighted by atomic mass is 10.0. The van der Waals surface area contributed by atoms with Gasteiger partial charge < -0.3 is 14.8 Å². The number of amides is 3. The Morgan fingerprint density at radius 3 is 2.17 bits per heavy atom. The molecule has 0 aromatic heterocycles. The van der Waals surface area contributed by atoms with Crippen molar-refractivity contribution in [3.8, 4) is 5.75 Å². The standard InChI is InChI=1S/C39H42N4O5/c1-25-16-21-32(24-33(25)41-35(44)30-19-17-29(18-20-30)15-11-14-28-12-9-8-10-13-28)40-37(43-38(46)48-39(4,5)6)42-36(45)31-22-26(2)27(3)34(23-31)47-7/h8-14,16-24H,15H2,1-7H3,(H,41,44)(H2,40,42,43,45,46)/b14-11+. The number of nitrogens with one attached hydrogen (secondary N) is 3. The van der Waals surface area contributed by atoms with E-state index in [1.165, 1.54) is 7.11 Å². The van der Waals surface area contributed by atoms with Gasteiger partial charge in [0.1, 0.15) is 11.4 Å². The number of ether oxygens (including phenoxy) is 2. The number of methoxy groups -OCH3 is 1. The molecule has 0 bridgehead atoms. The minimum absolute atomic E-state index is 0.149. The molecule has 0 saturated heterocycles. The van der Waals surface area contributed by atoms with E-state index in [0.717, 1.165) is 34.2 Å². The lowest BCUT2D eigenvalue weighted by molar-refractivity contribution is 0.0561. The van der Waals surface area contributed by atoms with Crippen molar-refractivity contribution in [1.82, 2.24) is 10.6 Å². The van der Waals surface area contributed by atoms with Gasteiger partial charge in [0, 0.05) is 16.8 Å². The maximum atomic E-state index is 13.3. The van der Waals surface area contributed by atoms with Crippen molar-refractivity contribution in [2.75, 3.05) is 12.4 Å². The number of benzene rings is 4. The summed E-state index contributed by atoms with van der Waals surface area (Å²) in [4.78, 5) is 43.7. The first-order valence-electron chi connectivity index (χ1n) is 15.6. The van der Waals surface area contributed by atoms with Crippen LogP contribution in [0.3, 0.4) is 0 Å². The van der Waals surface area contributed by atoms with Gasteiger partial charge in [-0.1, -0.05) is 60.7 Å². The van der Waals surface area contributed by atoms with Crippen LogP contribution in [0.1, 0.15) is 69.3 Å². The lowest BCUT2D eigenvalue weighted by Crippen LogP contribution is -2.45. The minimum Gasteiger partial charge on any atom is -0.496 e. The van der Waals surface area contributed by atoms with Crippen LogP contribution in [0.2, 0.25) is 0 Å². The second kappa shape index (κ2) is 15.7. The Balaban J connectivity index is 1.52. The van der Waals surface area contributed by atoms with E-state index in [1.54, 1.807) is 63.2 Å². The van der Waals surface area contributed by atoms with Crippen LogP contribution in [0.15, 0.2) is 96.0 Å². The van der Waals surface area contributed by atoms with Crippen molar-refractivity contribution in [2.45, 2.75) is 53.6 Å². The second-order valence-corrected chi connectivity index (χ2v) is 12.3. The monoisotopic (exact) mass is 646 g/mol. The average molecular weight is 647 g/mol. The van der Waals surface area contributed by atoms with Gasteiger partial charge in [-0.15, -0.1) is 0 Å². The van der Waals surface area contributed by atoms with Crippen LogP contribution >= 0.6 is 0 Å². The molecule has 0 aliphatic rings. The van der Waals surface area contributed by atoms with E-state index in [9.17, 15) is 14.4 Å². The molecule has 0 atom stereocenters. The van der Waals surface area contributed by atoms with Crippen molar-refractivity contribution in [3.63, 3.8) is 0 Å². The van der Waals surface area contributed by atoms with Gasteiger partial charge in [-0.2, -0.15) is 0 Å². The van der Waals surface area contributed by atoms with Gasteiger partial charge in [-0.05, 0) is 112 Å². The molecule has 4 aromatic rings. The maximum Gasteiger partial charge on any atom is 0.414 e. The Morgan fingerprint density at radius 2 is 1.50 bits per heavy atom. The highest BCUT2D eigenvalue weighted by atomic mass is 16.6. The van der Waals surface area contributed by atoms with Gasteiger partial charge in [0.2, 0.25) is 5.96 Å². The molecule has 0 fully saturated rings. The van der Waals surface area contributed by atoms with Crippen molar-refractivity contribution >= 4 is 41.3 Å². The Bertz CT molecular complexity index is 1840. The molecule has 0 saturated carbocycles. The Hall–Kier alpha value is -5.70. The number of alkyl carbamates (subject to hydrolysis) is 1. The van der Waals surface area contributed by atoms with E-state index >= 15 is 0 Å². The third-order valence-electron chi connectivity index (χ3n) is 7.34. The van der Waals surface area contributed by atoms with Crippen LogP contribution in [-0.4, -0.2) is 36.6 Å². The second-order valence-electron chi connectivity index (χ2n) is 12.3. The van der Waals surface area contributed by atoms with E-state index in [-0.39, 0.29) is 11.9 Å².